The molecule has 0 radical (unpaired) electrons. The van der Waals surface area contributed by atoms with Crippen LogP contribution in [0.25, 0.3) is 27.6 Å². The maximum Gasteiger partial charge on any atom is 0.293 e. The van der Waals surface area contributed by atoms with Crippen molar-refractivity contribution in [2.24, 2.45) is 22.2 Å². The zero-order valence-electron chi connectivity index (χ0n) is 31.4. The van der Waals surface area contributed by atoms with E-state index in [4.69, 9.17) is 4.74 Å². The number of ether oxygens (including phenoxy) is 1. The van der Waals surface area contributed by atoms with Crippen LogP contribution in [0.1, 0.15) is 89.6 Å². The van der Waals surface area contributed by atoms with Crippen LogP contribution in [0.3, 0.4) is 0 Å². The van der Waals surface area contributed by atoms with Gasteiger partial charge in [0.15, 0.2) is 0 Å². The van der Waals surface area contributed by atoms with Crippen molar-refractivity contribution >= 4 is 29.2 Å². The lowest BCUT2D eigenvalue weighted by Crippen LogP contribution is -2.22. The molecule has 1 aliphatic heterocycles. The van der Waals surface area contributed by atoms with Gasteiger partial charge in [-0.1, -0.05) is 94.5 Å². The molecular formula is C43H60N4O2. The number of nitrogens with two attached hydrogens (primary N) is 1. The number of fused-ring (bicyclic) bond motifs is 1. The molecule has 0 amide bonds. The van der Waals surface area contributed by atoms with Crippen LogP contribution in [0.15, 0.2) is 84.2 Å². The summed E-state index contributed by atoms with van der Waals surface area (Å²) in [5, 5.41) is 7.85. The summed E-state index contributed by atoms with van der Waals surface area (Å²) in [6.45, 7) is 26.6. The van der Waals surface area contributed by atoms with E-state index in [0.29, 0.717) is 19.0 Å². The molecule has 0 saturated heterocycles. The zero-order valence-corrected chi connectivity index (χ0v) is 31.4. The average molecular weight is 665 g/mol. The normalized spacial score (nSPS) is 14.3. The van der Waals surface area contributed by atoms with E-state index in [1.54, 1.807) is 0 Å². The SMILES string of the molecule is C=C/C=C\C(=C(/C)C(C)CC)c1c(CC(C)(C)COC=O)c2cc(-c3cc(C)cc(CCC(=C)N4CCCC=N4)c3)ccc2n1CC.CN. The standard InChI is InChI=1S/C42H55N3O2.CH5N/c1-10-13-16-37(33(7)31(5)11-2)41-39(27-42(8,9)28-47-29-46)38-26-35(19-20-40(38)44(41)12-3)36-24-30(4)23-34(25-36)18-17-32(6)45-22-15-14-21-43-45;1-2/h10,13,16,19-21,23-26,29,31H,1,6,11-12,14-15,17-18,22,27-28H2,2-5,7-9H3;2H2,1H3/b16-13-,37-33-;. The quantitative estimate of drug-likeness (QED) is 0.122. The number of aromatic nitrogens is 1. The second-order valence-corrected chi connectivity index (χ2v) is 13.9. The molecule has 2 heterocycles. The van der Waals surface area contributed by atoms with Gasteiger partial charge < -0.3 is 15.0 Å². The highest BCUT2D eigenvalue weighted by atomic mass is 16.5. The number of benzene rings is 2. The Balaban J connectivity index is 0.00000319. The minimum atomic E-state index is -0.257. The van der Waals surface area contributed by atoms with Gasteiger partial charge in [0.2, 0.25) is 0 Å². The van der Waals surface area contributed by atoms with Gasteiger partial charge in [-0.2, -0.15) is 5.10 Å². The van der Waals surface area contributed by atoms with Crippen molar-refractivity contribution in [1.82, 2.24) is 9.58 Å². The molecule has 2 aromatic carbocycles. The van der Waals surface area contributed by atoms with Gasteiger partial charge in [-0.3, -0.25) is 9.80 Å². The summed E-state index contributed by atoms with van der Waals surface area (Å²) in [6.07, 6.45) is 13.9. The second kappa shape index (κ2) is 18.6. The van der Waals surface area contributed by atoms with Crippen molar-refractivity contribution in [2.75, 3.05) is 20.2 Å². The third kappa shape index (κ3) is 9.95. The van der Waals surface area contributed by atoms with Gasteiger partial charge in [-0.05, 0) is 112 Å². The summed E-state index contributed by atoms with van der Waals surface area (Å²) in [5.74, 6) is 0.432. The zero-order chi connectivity index (χ0) is 36.1. The van der Waals surface area contributed by atoms with Gasteiger partial charge in [0.05, 0.1) is 12.3 Å². The number of carbonyl (C=O) groups is 1. The van der Waals surface area contributed by atoms with Crippen molar-refractivity contribution in [3.05, 3.63) is 101 Å². The summed E-state index contributed by atoms with van der Waals surface area (Å²) in [6, 6.07) is 13.9. The highest BCUT2D eigenvalue weighted by molar-refractivity contribution is 5.95. The van der Waals surface area contributed by atoms with Gasteiger partial charge in [0.25, 0.3) is 6.47 Å². The van der Waals surface area contributed by atoms with E-state index >= 15 is 0 Å². The maximum absolute atomic E-state index is 11.2. The smallest absolute Gasteiger partial charge is 0.293 e. The summed E-state index contributed by atoms with van der Waals surface area (Å²) in [5.41, 5.74) is 16.7. The van der Waals surface area contributed by atoms with Crippen LogP contribution in [0.2, 0.25) is 0 Å². The third-order valence-corrected chi connectivity index (χ3v) is 9.57. The Morgan fingerprint density at radius 1 is 1.14 bits per heavy atom. The van der Waals surface area contributed by atoms with Gasteiger partial charge in [-0.25, -0.2) is 0 Å². The first-order valence-corrected chi connectivity index (χ1v) is 17.9. The average Bonchev–Trinajstić information content (AvgIpc) is 3.41. The van der Waals surface area contributed by atoms with Crippen LogP contribution in [0.5, 0.6) is 0 Å². The molecule has 1 unspecified atom stereocenters. The molecule has 0 bridgehead atoms. The molecule has 0 aliphatic carbocycles. The fraction of sp³-hybridized carbons (Fsp3) is 0.442. The van der Waals surface area contributed by atoms with E-state index in [1.165, 1.54) is 62.6 Å². The molecular weight excluding hydrogens is 604 g/mol. The highest BCUT2D eigenvalue weighted by Gasteiger charge is 2.28. The monoisotopic (exact) mass is 664 g/mol. The maximum atomic E-state index is 11.2. The molecule has 1 atom stereocenters. The van der Waals surface area contributed by atoms with Crippen molar-refractivity contribution < 1.29 is 9.53 Å². The van der Waals surface area contributed by atoms with Crippen molar-refractivity contribution in [3.63, 3.8) is 0 Å². The van der Waals surface area contributed by atoms with Crippen molar-refractivity contribution in [1.29, 1.82) is 0 Å². The minimum Gasteiger partial charge on any atom is -0.467 e. The van der Waals surface area contributed by atoms with Gasteiger partial charge >= 0.3 is 0 Å². The number of hydrogen-bond donors (Lipinski definition) is 1. The fourth-order valence-electron chi connectivity index (χ4n) is 6.72. The number of hydrogen-bond acceptors (Lipinski definition) is 5. The van der Waals surface area contributed by atoms with Gasteiger partial charge in [0.1, 0.15) is 0 Å². The molecule has 6 nitrogen and oxygen atoms in total. The number of nitrogens with zero attached hydrogens (tertiary/aromatic N) is 3. The largest absolute Gasteiger partial charge is 0.467 e. The number of aryl methyl sites for hydroxylation is 3. The first kappa shape index (κ1) is 39.3. The van der Waals surface area contributed by atoms with E-state index in [9.17, 15) is 4.79 Å². The molecule has 0 fully saturated rings. The summed E-state index contributed by atoms with van der Waals surface area (Å²) in [4.78, 5) is 11.2. The Morgan fingerprint density at radius 2 is 1.90 bits per heavy atom. The van der Waals surface area contributed by atoms with Gasteiger partial charge in [-0.15, -0.1) is 0 Å². The van der Waals surface area contributed by atoms with E-state index in [2.05, 4.69) is 131 Å². The van der Waals surface area contributed by atoms with Crippen LogP contribution in [-0.2, 0) is 28.9 Å². The Labute approximate surface area is 296 Å². The van der Waals surface area contributed by atoms with Gasteiger partial charge in [0, 0.05) is 41.3 Å². The number of rotatable bonds is 16. The summed E-state index contributed by atoms with van der Waals surface area (Å²) < 4.78 is 7.81. The minimum absolute atomic E-state index is 0.257. The molecule has 264 valence electrons. The fourth-order valence-corrected chi connectivity index (χ4v) is 6.72. The molecule has 6 heteroatoms. The third-order valence-electron chi connectivity index (χ3n) is 9.57. The van der Waals surface area contributed by atoms with Crippen LogP contribution in [-0.4, -0.2) is 42.5 Å². The molecule has 0 saturated carbocycles. The predicted molar refractivity (Wildman–Crippen MR) is 211 cm³/mol. The molecule has 0 spiro atoms. The van der Waals surface area contributed by atoms with Crippen LogP contribution in [0, 0.1) is 18.3 Å². The van der Waals surface area contributed by atoms with E-state index in [1.807, 2.05) is 12.3 Å². The topological polar surface area (TPSA) is 72.8 Å². The van der Waals surface area contributed by atoms with Crippen LogP contribution < -0.4 is 5.73 Å². The molecule has 49 heavy (non-hydrogen) atoms. The molecule has 1 aliphatic rings. The summed E-state index contributed by atoms with van der Waals surface area (Å²) >= 11 is 0. The predicted octanol–water partition coefficient (Wildman–Crippen LogP) is 10.0. The Bertz CT molecular complexity index is 1690. The lowest BCUT2D eigenvalue weighted by molar-refractivity contribution is -0.131. The number of hydrazone groups is 1. The first-order valence-electron chi connectivity index (χ1n) is 17.9. The Hall–Kier alpha value is -4.16. The molecule has 2 N–H and O–H groups in total. The van der Waals surface area contributed by atoms with Crippen LogP contribution >= 0.6 is 0 Å². The first-order chi connectivity index (χ1) is 23.5. The Kier molecular flexibility index (Phi) is 14.9. The highest BCUT2D eigenvalue weighted by Crippen LogP contribution is 2.40. The number of allylic oxidation sites excluding steroid dienone is 6. The van der Waals surface area contributed by atoms with Crippen molar-refractivity contribution in [3.8, 4) is 11.1 Å². The lowest BCUT2D eigenvalue weighted by atomic mass is 9.83. The van der Waals surface area contributed by atoms with Crippen LogP contribution in [0.4, 0.5) is 0 Å². The molecule has 3 aromatic rings. The molecule has 4 rings (SSSR count). The summed E-state index contributed by atoms with van der Waals surface area (Å²) in [7, 11) is 1.50. The number of carbonyl (C=O) groups excluding carboxylic acids is 1. The second-order valence-electron chi connectivity index (χ2n) is 13.9. The van der Waals surface area contributed by atoms with E-state index in [-0.39, 0.29) is 5.41 Å². The lowest BCUT2D eigenvalue weighted by Gasteiger charge is -2.25. The molecule has 1 aromatic heterocycles. The van der Waals surface area contributed by atoms with E-state index in [0.717, 1.165) is 57.3 Å². The Morgan fingerprint density at radius 3 is 2.53 bits per heavy atom. The van der Waals surface area contributed by atoms with Crippen molar-refractivity contribution in [2.45, 2.75) is 93.5 Å². The van der Waals surface area contributed by atoms with E-state index < -0.39 is 0 Å².